The number of carbonyl (C=O) groups excluding carboxylic acids is 15. The Hall–Kier alpha value is -8.01. The van der Waals surface area contributed by atoms with Gasteiger partial charge >= 0.3 is 87.9 Å². The molecule has 42 heteroatoms. The molecule has 0 aliphatic carbocycles. The number of ether oxygens (including phenoxy) is 10. The van der Waals surface area contributed by atoms with E-state index in [1.165, 1.54) is 218 Å². The number of hydrogen-bond donors (Lipinski definition) is 11. The van der Waals surface area contributed by atoms with Crippen molar-refractivity contribution >= 4 is 117 Å². The van der Waals surface area contributed by atoms with Crippen molar-refractivity contribution in [1.82, 2.24) is 46.7 Å². The Labute approximate surface area is 902 Å². The van der Waals surface area contributed by atoms with Gasteiger partial charge in [0, 0.05) is 108 Å². The number of unbranched alkanes of at least 4 members (excludes halogenated alkanes) is 45. The highest BCUT2D eigenvalue weighted by molar-refractivity contribution is 6.46. The van der Waals surface area contributed by atoms with Crippen LogP contribution in [0.15, 0.2) is 0 Å². The fourth-order valence-electron chi connectivity index (χ4n) is 17.3. The third kappa shape index (κ3) is 90.4. The van der Waals surface area contributed by atoms with E-state index in [-0.39, 0.29) is 49.7 Å². The summed E-state index contributed by atoms with van der Waals surface area (Å²) in [6, 6.07) is -0.813. The van der Waals surface area contributed by atoms with Crippen LogP contribution < -0.4 is 37.0 Å². The zero-order chi connectivity index (χ0) is 113. The lowest BCUT2D eigenvalue weighted by molar-refractivity contribution is -0.203. The van der Waals surface area contributed by atoms with Gasteiger partial charge in [-0.3, -0.25) is 71.9 Å². The molecule has 5 amide bonds. The average molecular weight is 2140 g/mol. The molecule has 0 heterocycles. The molecule has 0 aliphatic heterocycles. The third-order valence-corrected chi connectivity index (χ3v) is 25.3. The minimum absolute atomic E-state index is 0.0517. The molecule has 11 N–H and O–H groups in total. The van der Waals surface area contributed by atoms with Crippen LogP contribution >= 0.6 is 0 Å². The lowest BCUT2D eigenvalue weighted by Gasteiger charge is -2.34. The van der Waals surface area contributed by atoms with Crippen molar-refractivity contribution in [1.29, 1.82) is 0 Å². The largest absolute Gasteiger partial charge is 0.462 e. The molecule has 0 aliphatic rings. The Morgan fingerprint density at radius 3 is 0.760 bits per heavy atom. The highest BCUT2D eigenvalue weighted by atomic mass is 16.7. The molecular formula is C108H205B4N9O29. The summed E-state index contributed by atoms with van der Waals surface area (Å²) in [4.78, 5) is 186. The monoisotopic (exact) mass is 2140 g/mol. The molecule has 0 aromatic carbocycles. The van der Waals surface area contributed by atoms with Crippen LogP contribution in [0.3, 0.4) is 0 Å². The van der Waals surface area contributed by atoms with Gasteiger partial charge in [-0.25, -0.2) is 0 Å². The number of hydrogen-bond acceptors (Lipinski definition) is 33. The number of nitrogens with one attached hydrogen (secondary N) is 7. The van der Waals surface area contributed by atoms with Gasteiger partial charge in [0.15, 0.2) is 36.6 Å². The Balaban J connectivity index is -0.00000216. The standard InChI is InChI=1S/2C39H69NO11.C30H67B4N7O7/c2*1-7-8-9-10-11-12-13-14-15-16-17-18-19-20-21-22-23-24-25-26-27-28-40-39(46)38(51-34(6)45)37(50-33(5)44)36(49-32(4)43)35(48-31(3)42)29-47-30(2)41;1-7-28(42)36-23-27(39-29(43)8-2)30(44)35-18-12-10-9-11-17-26(24-40(33(5)47)21-15-13-19-37-31(3)45)25-41(34(6)48)22-16-14-20-38-32(4)46/h2*35-38H,7-29H2,1-6H3,(H,40,46);26-27,37-38,45-48H,7-25H2,1-6H3,(H,35,44)(H,36,42)(H,39,43)/t2*35-,36+,37-,38+;/m10./s1. The molecule has 0 radical (unpaired) electrons. The van der Waals surface area contributed by atoms with Crippen LogP contribution in [0.5, 0.6) is 0 Å². The zero-order valence-corrected chi connectivity index (χ0v) is 95.9. The highest BCUT2D eigenvalue weighted by Gasteiger charge is 2.49. The van der Waals surface area contributed by atoms with Crippen LogP contribution in [0.2, 0.25) is 27.3 Å². The Morgan fingerprint density at radius 1 is 0.267 bits per heavy atom. The lowest BCUT2D eigenvalue weighted by Crippen LogP contribution is -2.57. The number of carbonyl (C=O) groups is 15. The third-order valence-electron chi connectivity index (χ3n) is 25.3. The number of esters is 10. The first-order valence-corrected chi connectivity index (χ1v) is 57.3. The Bertz CT molecular complexity index is 3350. The summed E-state index contributed by atoms with van der Waals surface area (Å²) < 4.78 is 52.2. The van der Waals surface area contributed by atoms with E-state index in [9.17, 15) is 92.0 Å². The molecule has 0 aromatic heterocycles. The van der Waals surface area contributed by atoms with E-state index < -0.39 is 168 Å². The van der Waals surface area contributed by atoms with Gasteiger partial charge in [-0.2, -0.15) is 0 Å². The molecule has 38 nitrogen and oxygen atoms in total. The summed E-state index contributed by atoms with van der Waals surface area (Å²) >= 11 is 0. The van der Waals surface area contributed by atoms with Gasteiger partial charge in [0.2, 0.25) is 29.9 Å². The predicted octanol–water partition coefficient (Wildman–Crippen LogP) is 15.1. The van der Waals surface area contributed by atoms with E-state index in [4.69, 9.17) is 47.4 Å². The number of rotatable bonds is 95. The van der Waals surface area contributed by atoms with Crippen molar-refractivity contribution < 1.29 is 139 Å². The molecule has 150 heavy (non-hydrogen) atoms. The van der Waals surface area contributed by atoms with Crippen LogP contribution in [-0.4, -0.2) is 281 Å². The van der Waals surface area contributed by atoms with Gasteiger partial charge in [-0.1, -0.05) is 304 Å². The summed E-state index contributed by atoms with van der Waals surface area (Å²) in [5.41, 5.74) is 0. The van der Waals surface area contributed by atoms with E-state index >= 15 is 0 Å². The van der Waals surface area contributed by atoms with E-state index in [0.29, 0.717) is 52.0 Å². The minimum atomic E-state index is -1.76. The SMILES string of the molecule is CCC(=O)NCC(NC(=O)CC)C(=O)NCCCCCCC(CN(CCCCNB(C)O)B(C)O)CN(CCCCNB(C)O)B(C)O.CCCCCCCCCCCCCCCCCCCCCCCNC(=O)[C@@H](OC(C)=O)[C@H](OC(C)=O)[C@@H](OC(C)=O)[C@@H](COC(C)=O)OC(C)=O.CCCCCCCCCCCCCCCCCCCCCCCNC(=O)[C@H](OC(C)=O)[C@@H](OC(C)=O)[C@H](OC(C)=O)[C@H](COC(C)=O)OC(C)=O. The fourth-order valence-corrected chi connectivity index (χ4v) is 17.3. The molecule has 0 saturated heterocycles. The van der Waals surface area contributed by atoms with E-state index in [1.807, 2.05) is 0 Å². The fraction of sp³-hybridized carbons (Fsp3) is 0.861. The van der Waals surface area contributed by atoms with Gasteiger partial charge in [0.25, 0.3) is 11.8 Å². The molecule has 9 atom stereocenters. The molecule has 0 saturated carbocycles. The number of nitrogens with zero attached hydrogens (tertiary/aromatic N) is 2. The molecule has 1 unspecified atom stereocenters. The van der Waals surface area contributed by atoms with E-state index in [0.717, 1.165) is 179 Å². The summed E-state index contributed by atoms with van der Waals surface area (Å²) in [6.45, 7) is 29.8. The van der Waals surface area contributed by atoms with Crippen LogP contribution in [0.1, 0.15) is 437 Å². The maximum Gasteiger partial charge on any atom is 0.376 e. The van der Waals surface area contributed by atoms with Gasteiger partial charge in [0.05, 0.1) is 0 Å². The summed E-state index contributed by atoms with van der Waals surface area (Å²) in [5, 5.41) is 59.7. The topological polar surface area (TPSA) is 520 Å². The van der Waals surface area contributed by atoms with Crippen molar-refractivity contribution in [2.75, 3.05) is 78.7 Å². The first-order valence-electron chi connectivity index (χ1n) is 57.3. The highest BCUT2D eigenvalue weighted by Crippen LogP contribution is 2.26. The summed E-state index contributed by atoms with van der Waals surface area (Å²) in [6.07, 6.45) is 48.5. The first kappa shape index (κ1) is 146. The van der Waals surface area contributed by atoms with Crippen molar-refractivity contribution in [2.45, 2.75) is 519 Å². The van der Waals surface area contributed by atoms with Crippen LogP contribution in [0, 0.1) is 5.92 Å². The van der Waals surface area contributed by atoms with Gasteiger partial charge in [0.1, 0.15) is 19.3 Å². The second kappa shape index (κ2) is 99.1. The zero-order valence-electron chi connectivity index (χ0n) is 95.9. The van der Waals surface area contributed by atoms with Gasteiger partial charge in [-0.05, 0) is 124 Å². The maximum absolute atomic E-state index is 13.3. The Kier molecular flexibility index (Phi) is 96.5. The average Bonchev–Trinajstić information content (AvgIpc) is 0.819. The normalized spacial score (nSPS) is 12.9. The minimum Gasteiger partial charge on any atom is -0.462 e. The van der Waals surface area contributed by atoms with Crippen molar-refractivity contribution in [3.63, 3.8) is 0 Å². The second-order valence-corrected chi connectivity index (χ2v) is 39.9. The van der Waals surface area contributed by atoms with Crippen LogP contribution in [-0.2, 0) is 119 Å². The Morgan fingerprint density at radius 2 is 0.513 bits per heavy atom. The van der Waals surface area contributed by atoms with Crippen molar-refractivity contribution in [3.05, 3.63) is 0 Å². The summed E-state index contributed by atoms with van der Waals surface area (Å²) in [7, 11) is -2.29. The predicted molar refractivity (Wildman–Crippen MR) is 587 cm³/mol. The van der Waals surface area contributed by atoms with Gasteiger partial charge < -0.3 is 114 Å². The maximum atomic E-state index is 13.3. The van der Waals surface area contributed by atoms with E-state index in [1.54, 1.807) is 41.1 Å². The van der Waals surface area contributed by atoms with Crippen LogP contribution in [0.4, 0.5) is 0 Å². The summed E-state index contributed by atoms with van der Waals surface area (Å²) in [5.74, 6) is -10.5. The molecular weight excluding hydrogens is 1930 g/mol. The molecule has 868 valence electrons. The number of amides is 5. The second-order valence-electron chi connectivity index (χ2n) is 39.9. The quantitative estimate of drug-likeness (QED) is 0.0117. The molecule has 0 spiro atoms. The van der Waals surface area contributed by atoms with Crippen molar-refractivity contribution in [3.8, 4) is 0 Å². The van der Waals surface area contributed by atoms with Gasteiger partial charge in [-0.15, -0.1) is 0 Å². The lowest BCUT2D eigenvalue weighted by atomic mass is 9.80. The van der Waals surface area contributed by atoms with Crippen LogP contribution in [0.25, 0.3) is 0 Å². The molecule has 0 fully saturated rings. The molecule has 0 rings (SSSR count). The molecule has 0 aromatic rings. The van der Waals surface area contributed by atoms with E-state index in [2.05, 4.69) is 60.5 Å². The first-order chi connectivity index (χ1) is 71.6. The molecule has 0 bridgehead atoms. The smallest absolute Gasteiger partial charge is 0.376 e. The van der Waals surface area contributed by atoms with Crippen molar-refractivity contribution in [2.24, 2.45) is 5.92 Å².